The Labute approximate surface area is 166 Å². The second kappa shape index (κ2) is 9.40. The minimum absolute atomic E-state index is 0.00754. The minimum Gasteiger partial charge on any atom is -0.484 e. The van der Waals surface area contributed by atoms with Gasteiger partial charge in [0.15, 0.2) is 6.61 Å². The van der Waals surface area contributed by atoms with E-state index in [1.807, 2.05) is 49.1 Å². The summed E-state index contributed by atoms with van der Waals surface area (Å²) < 4.78 is 5.72. The van der Waals surface area contributed by atoms with Crippen molar-refractivity contribution in [1.82, 2.24) is 10.2 Å². The standard InChI is InChI=1S/C23H28N2O3/c1-3-13-24-21(26)16-28-19-11-10-17-12-14-25(22(27)4-2)23(20(17)15-19)18-8-6-5-7-9-18/h5-11,15,23H,3-4,12-14,16H2,1-2H3,(H,24,26). The van der Waals surface area contributed by atoms with Crippen LogP contribution >= 0.6 is 0 Å². The fourth-order valence-electron chi connectivity index (χ4n) is 3.61. The highest BCUT2D eigenvalue weighted by molar-refractivity contribution is 5.78. The van der Waals surface area contributed by atoms with Gasteiger partial charge in [-0.25, -0.2) is 0 Å². The molecule has 1 unspecified atom stereocenters. The van der Waals surface area contributed by atoms with Crippen molar-refractivity contribution >= 4 is 11.8 Å². The van der Waals surface area contributed by atoms with E-state index in [0.29, 0.717) is 25.3 Å². The third-order valence-corrected chi connectivity index (χ3v) is 5.03. The predicted molar refractivity (Wildman–Crippen MR) is 109 cm³/mol. The Morgan fingerprint density at radius 3 is 2.64 bits per heavy atom. The van der Waals surface area contributed by atoms with E-state index < -0.39 is 0 Å². The first-order chi connectivity index (χ1) is 13.6. The molecule has 2 amide bonds. The number of nitrogens with one attached hydrogen (secondary N) is 1. The van der Waals surface area contributed by atoms with Crippen molar-refractivity contribution in [1.29, 1.82) is 0 Å². The van der Waals surface area contributed by atoms with E-state index in [9.17, 15) is 9.59 Å². The first-order valence-electron chi connectivity index (χ1n) is 10.0. The van der Waals surface area contributed by atoms with Gasteiger partial charge in [-0.05, 0) is 41.7 Å². The van der Waals surface area contributed by atoms with Gasteiger partial charge in [0, 0.05) is 19.5 Å². The molecule has 0 aliphatic carbocycles. The summed E-state index contributed by atoms with van der Waals surface area (Å²) in [5.74, 6) is 0.670. The van der Waals surface area contributed by atoms with Crippen LogP contribution in [0.2, 0.25) is 0 Å². The van der Waals surface area contributed by atoms with Crippen LogP contribution in [0.5, 0.6) is 5.75 Å². The van der Waals surface area contributed by atoms with Gasteiger partial charge in [0.2, 0.25) is 5.91 Å². The maximum atomic E-state index is 12.6. The molecule has 148 valence electrons. The zero-order valence-electron chi connectivity index (χ0n) is 16.6. The first kappa shape index (κ1) is 19.9. The van der Waals surface area contributed by atoms with Gasteiger partial charge in [0.05, 0.1) is 6.04 Å². The SMILES string of the molecule is CCCNC(=O)COc1ccc2c(c1)C(c1ccccc1)N(C(=O)CC)CC2. The summed E-state index contributed by atoms with van der Waals surface area (Å²) in [6, 6.07) is 15.9. The van der Waals surface area contributed by atoms with Crippen LogP contribution in [0.25, 0.3) is 0 Å². The van der Waals surface area contributed by atoms with E-state index in [1.54, 1.807) is 0 Å². The largest absolute Gasteiger partial charge is 0.484 e. The van der Waals surface area contributed by atoms with Crippen molar-refractivity contribution in [2.45, 2.75) is 39.2 Å². The molecule has 1 atom stereocenters. The Morgan fingerprint density at radius 2 is 1.93 bits per heavy atom. The number of rotatable bonds is 7. The molecule has 0 bridgehead atoms. The summed E-state index contributed by atoms with van der Waals surface area (Å²) in [6.45, 7) is 5.26. The summed E-state index contributed by atoms with van der Waals surface area (Å²) in [4.78, 5) is 26.4. The summed E-state index contributed by atoms with van der Waals surface area (Å²) in [6.07, 6.45) is 2.19. The molecule has 0 saturated heterocycles. The van der Waals surface area contributed by atoms with E-state index in [1.165, 1.54) is 5.56 Å². The van der Waals surface area contributed by atoms with Crippen LogP contribution in [0.4, 0.5) is 0 Å². The Kier molecular flexibility index (Phi) is 6.69. The molecule has 1 aliphatic rings. The Bertz CT molecular complexity index is 820. The van der Waals surface area contributed by atoms with E-state index in [2.05, 4.69) is 23.5 Å². The maximum Gasteiger partial charge on any atom is 0.257 e. The van der Waals surface area contributed by atoms with E-state index >= 15 is 0 Å². The monoisotopic (exact) mass is 380 g/mol. The lowest BCUT2D eigenvalue weighted by molar-refractivity contribution is -0.133. The first-order valence-corrected chi connectivity index (χ1v) is 10.0. The van der Waals surface area contributed by atoms with Crippen LogP contribution in [-0.4, -0.2) is 36.4 Å². The molecule has 0 fully saturated rings. The highest BCUT2D eigenvalue weighted by atomic mass is 16.5. The number of amides is 2. The van der Waals surface area contributed by atoms with Gasteiger partial charge < -0.3 is 15.0 Å². The average molecular weight is 380 g/mol. The molecule has 28 heavy (non-hydrogen) atoms. The van der Waals surface area contributed by atoms with Crippen molar-refractivity contribution in [2.24, 2.45) is 0 Å². The number of carbonyl (C=O) groups excluding carboxylic acids is 2. The molecular weight excluding hydrogens is 352 g/mol. The molecular formula is C23H28N2O3. The molecule has 3 rings (SSSR count). The Hall–Kier alpha value is -2.82. The van der Waals surface area contributed by atoms with Gasteiger partial charge in [0.25, 0.3) is 5.91 Å². The molecule has 0 aromatic heterocycles. The highest BCUT2D eigenvalue weighted by Crippen LogP contribution is 2.37. The minimum atomic E-state index is -0.130. The Morgan fingerprint density at radius 1 is 1.14 bits per heavy atom. The number of nitrogens with zero attached hydrogens (tertiary/aromatic N) is 1. The summed E-state index contributed by atoms with van der Waals surface area (Å²) in [5, 5.41) is 2.81. The van der Waals surface area contributed by atoms with Crippen LogP contribution in [-0.2, 0) is 16.0 Å². The summed E-state index contributed by atoms with van der Waals surface area (Å²) >= 11 is 0. The van der Waals surface area contributed by atoms with Crippen LogP contribution < -0.4 is 10.1 Å². The van der Waals surface area contributed by atoms with Crippen molar-refractivity contribution < 1.29 is 14.3 Å². The molecule has 2 aromatic rings. The molecule has 2 aromatic carbocycles. The second-order valence-corrected chi connectivity index (χ2v) is 7.00. The van der Waals surface area contributed by atoms with Gasteiger partial charge in [-0.3, -0.25) is 9.59 Å². The lowest BCUT2D eigenvalue weighted by Crippen LogP contribution is -2.40. The molecule has 5 nitrogen and oxygen atoms in total. The molecule has 1 N–H and O–H groups in total. The third-order valence-electron chi connectivity index (χ3n) is 5.03. The predicted octanol–water partition coefficient (Wildman–Crippen LogP) is 3.48. The fraction of sp³-hybridized carbons (Fsp3) is 0.391. The molecule has 1 aliphatic heterocycles. The molecule has 0 saturated carbocycles. The fourth-order valence-corrected chi connectivity index (χ4v) is 3.61. The van der Waals surface area contributed by atoms with Crippen LogP contribution in [0.15, 0.2) is 48.5 Å². The second-order valence-electron chi connectivity index (χ2n) is 7.00. The molecule has 0 radical (unpaired) electrons. The number of hydrogen-bond donors (Lipinski definition) is 1. The number of benzene rings is 2. The van der Waals surface area contributed by atoms with E-state index in [0.717, 1.165) is 24.0 Å². The van der Waals surface area contributed by atoms with Crippen molar-refractivity contribution in [3.05, 3.63) is 65.2 Å². The highest BCUT2D eigenvalue weighted by Gasteiger charge is 2.31. The number of fused-ring (bicyclic) bond motifs is 1. The normalized spacial score (nSPS) is 15.6. The van der Waals surface area contributed by atoms with Gasteiger partial charge in [-0.2, -0.15) is 0 Å². The summed E-state index contributed by atoms with van der Waals surface area (Å²) in [7, 11) is 0. The molecule has 1 heterocycles. The number of carbonyl (C=O) groups is 2. The van der Waals surface area contributed by atoms with Crippen molar-refractivity contribution in [3.63, 3.8) is 0 Å². The van der Waals surface area contributed by atoms with Crippen LogP contribution in [0.3, 0.4) is 0 Å². The van der Waals surface area contributed by atoms with E-state index in [-0.39, 0.29) is 24.5 Å². The number of ether oxygens (including phenoxy) is 1. The van der Waals surface area contributed by atoms with Gasteiger partial charge in [0.1, 0.15) is 5.75 Å². The van der Waals surface area contributed by atoms with E-state index in [4.69, 9.17) is 4.74 Å². The van der Waals surface area contributed by atoms with Crippen molar-refractivity contribution in [2.75, 3.05) is 19.7 Å². The smallest absolute Gasteiger partial charge is 0.257 e. The van der Waals surface area contributed by atoms with Gasteiger partial charge >= 0.3 is 0 Å². The molecule has 0 spiro atoms. The zero-order valence-corrected chi connectivity index (χ0v) is 16.6. The summed E-state index contributed by atoms with van der Waals surface area (Å²) in [5.41, 5.74) is 3.38. The van der Waals surface area contributed by atoms with Crippen molar-refractivity contribution in [3.8, 4) is 5.75 Å². The zero-order chi connectivity index (χ0) is 19.9. The maximum absolute atomic E-state index is 12.6. The average Bonchev–Trinajstić information content (AvgIpc) is 2.75. The van der Waals surface area contributed by atoms with Crippen LogP contribution in [0.1, 0.15) is 49.4 Å². The number of hydrogen-bond acceptors (Lipinski definition) is 3. The lowest BCUT2D eigenvalue weighted by Gasteiger charge is -2.38. The molecule has 5 heteroatoms. The topological polar surface area (TPSA) is 58.6 Å². The Balaban J connectivity index is 1.88. The van der Waals surface area contributed by atoms with Crippen LogP contribution in [0, 0.1) is 0 Å². The lowest BCUT2D eigenvalue weighted by atomic mass is 9.87. The van der Waals surface area contributed by atoms with Gasteiger partial charge in [-0.15, -0.1) is 0 Å². The third kappa shape index (κ3) is 4.53. The quantitative estimate of drug-likeness (QED) is 0.800. The van der Waals surface area contributed by atoms with Gasteiger partial charge in [-0.1, -0.05) is 50.2 Å².